The fraction of sp³-hybridized carbons (Fsp3) is 0.667. The van der Waals surface area contributed by atoms with Gasteiger partial charge in [0.15, 0.2) is 5.96 Å². The molecule has 6 heteroatoms. The molecule has 166 valence electrons. The summed E-state index contributed by atoms with van der Waals surface area (Å²) in [5.74, 6) is 1.45. The van der Waals surface area contributed by atoms with Crippen molar-refractivity contribution in [3.63, 3.8) is 0 Å². The quantitative estimate of drug-likeness (QED) is 0.482. The Morgan fingerprint density at radius 1 is 1.17 bits per heavy atom. The van der Waals surface area contributed by atoms with Crippen molar-refractivity contribution in [2.75, 3.05) is 45.8 Å². The fourth-order valence-electron chi connectivity index (χ4n) is 4.47. The molecule has 6 nitrogen and oxygen atoms in total. The molecule has 0 radical (unpaired) electrons. The van der Waals surface area contributed by atoms with Crippen LogP contribution in [-0.2, 0) is 11.2 Å². The van der Waals surface area contributed by atoms with Gasteiger partial charge in [0.25, 0.3) is 0 Å². The normalized spacial score (nSPS) is 23.1. The first-order chi connectivity index (χ1) is 14.7. The molecule has 2 atom stereocenters. The van der Waals surface area contributed by atoms with Crippen molar-refractivity contribution in [3.05, 3.63) is 35.9 Å². The van der Waals surface area contributed by atoms with E-state index in [4.69, 9.17) is 4.99 Å². The third-order valence-corrected chi connectivity index (χ3v) is 6.29. The third-order valence-electron chi connectivity index (χ3n) is 6.29. The Bertz CT molecular complexity index is 677. The van der Waals surface area contributed by atoms with Crippen LogP contribution in [0.5, 0.6) is 0 Å². The van der Waals surface area contributed by atoms with E-state index < -0.39 is 0 Å². The van der Waals surface area contributed by atoms with Gasteiger partial charge in [-0.05, 0) is 45.2 Å². The van der Waals surface area contributed by atoms with Crippen LogP contribution >= 0.6 is 0 Å². The second-order valence-electron chi connectivity index (χ2n) is 8.67. The summed E-state index contributed by atoms with van der Waals surface area (Å²) in [7, 11) is 0. The lowest BCUT2D eigenvalue weighted by Gasteiger charge is -2.33. The number of rotatable bonds is 9. The van der Waals surface area contributed by atoms with Crippen molar-refractivity contribution in [2.45, 2.75) is 52.0 Å². The average molecular weight is 414 g/mol. The van der Waals surface area contributed by atoms with E-state index in [1.807, 2.05) is 11.0 Å². The maximum Gasteiger partial charge on any atom is 0.223 e. The van der Waals surface area contributed by atoms with Gasteiger partial charge in [0.1, 0.15) is 0 Å². The molecule has 0 aromatic heterocycles. The molecule has 1 amide bonds. The summed E-state index contributed by atoms with van der Waals surface area (Å²) in [5.41, 5.74) is 1.29. The maximum absolute atomic E-state index is 12.4. The zero-order valence-electron chi connectivity index (χ0n) is 18.8. The van der Waals surface area contributed by atoms with Crippen molar-refractivity contribution < 1.29 is 4.79 Å². The van der Waals surface area contributed by atoms with Gasteiger partial charge in [0, 0.05) is 57.6 Å². The van der Waals surface area contributed by atoms with Gasteiger partial charge in [0.2, 0.25) is 5.91 Å². The van der Waals surface area contributed by atoms with Gasteiger partial charge in [0.05, 0.1) is 0 Å². The molecule has 0 aliphatic carbocycles. The smallest absolute Gasteiger partial charge is 0.223 e. The zero-order chi connectivity index (χ0) is 21.2. The summed E-state index contributed by atoms with van der Waals surface area (Å²) in [6.07, 6.45) is 5.52. The third kappa shape index (κ3) is 7.01. The van der Waals surface area contributed by atoms with Crippen molar-refractivity contribution in [3.8, 4) is 0 Å². The Balaban J connectivity index is 1.41. The van der Waals surface area contributed by atoms with E-state index in [0.717, 1.165) is 45.1 Å². The van der Waals surface area contributed by atoms with E-state index in [0.29, 0.717) is 24.9 Å². The highest BCUT2D eigenvalue weighted by atomic mass is 16.2. The van der Waals surface area contributed by atoms with Crippen molar-refractivity contribution in [1.82, 2.24) is 20.4 Å². The molecular weight excluding hydrogens is 374 g/mol. The van der Waals surface area contributed by atoms with Crippen molar-refractivity contribution >= 4 is 11.9 Å². The molecule has 3 rings (SSSR count). The predicted molar refractivity (Wildman–Crippen MR) is 124 cm³/mol. The number of benzene rings is 1. The number of carbonyl (C=O) groups is 1. The molecule has 1 aromatic rings. The standard InChI is InChI=1S/C24H39N5O/c1-3-25-24(26-13-16-28-14-8-7-9-20(28)2)27-18-22-17-23(30)29(19-22)15-12-21-10-5-4-6-11-21/h4-6,10-11,20,22H,3,7-9,12-19H2,1-2H3,(H2,25,26,27). The largest absolute Gasteiger partial charge is 0.357 e. The first-order valence-corrected chi connectivity index (χ1v) is 11.7. The lowest BCUT2D eigenvalue weighted by Crippen LogP contribution is -2.45. The SMILES string of the molecule is CCNC(=NCC1CC(=O)N(CCc2ccccc2)C1)NCCN1CCCCC1C. The molecule has 2 heterocycles. The first-order valence-electron chi connectivity index (χ1n) is 11.7. The zero-order valence-corrected chi connectivity index (χ0v) is 18.8. The van der Waals surface area contributed by atoms with Gasteiger partial charge >= 0.3 is 0 Å². The van der Waals surface area contributed by atoms with Gasteiger partial charge < -0.3 is 15.5 Å². The van der Waals surface area contributed by atoms with Crippen LogP contribution in [0.2, 0.25) is 0 Å². The monoisotopic (exact) mass is 413 g/mol. The van der Waals surface area contributed by atoms with Crippen LogP contribution in [0.15, 0.2) is 35.3 Å². The van der Waals surface area contributed by atoms with Crippen LogP contribution in [0.4, 0.5) is 0 Å². The topological polar surface area (TPSA) is 60.0 Å². The van der Waals surface area contributed by atoms with E-state index in [2.05, 4.69) is 53.6 Å². The Labute approximate surface area is 182 Å². The van der Waals surface area contributed by atoms with Gasteiger partial charge in [-0.1, -0.05) is 36.8 Å². The number of hydrogen-bond acceptors (Lipinski definition) is 3. The Morgan fingerprint density at radius 2 is 2.00 bits per heavy atom. The minimum Gasteiger partial charge on any atom is -0.357 e. The lowest BCUT2D eigenvalue weighted by atomic mass is 10.0. The van der Waals surface area contributed by atoms with Gasteiger partial charge in [-0.2, -0.15) is 0 Å². The summed E-state index contributed by atoms with van der Waals surface area (Å²) in [5, 5.41) is 6.83. The first kappa shape index (κ1) is 22.6. The van der Waals surface area contributed by atoms with Gasteiger partial charge in [-0.25, -0.2) is 0 Å². The number of nitrogens with zero attached hydrogens (tertiary/aromatic N) is 3. The maximum atomic E-state index is 12.4. The van der Waals surface area contributed by atoms with E-state index in [1.54, 1.807) is 0 Å². The number of aliphatic imine (C=N–C) groups is 1. The summed E-state index contributed by atoms with van der Waals surface area (Å²) >= 11 is 0. The molecule has 2 fully saturated rings. The number of likely N-dealkylation sites (tertiary alicyclic amines) is 2. The average Bonchev–Trinajstić information content (AvgIpc) is 3.12. The van der Waals surface area contributed by atoms with E-state index >= 15 is 0 Å². The fourth-order valence-corrected chi connectivity index (χ4v) is 4.47. The van der Waals surface area contributed by atoms with Crippen LogP contribution in [-0.4, -0.2) is 73.5 Å². The van der Waals surface area contributed by atoms with Crippen molar-refractivity contribution in [2.24, 2.45) is 10.9 Å². The van der Waals surface area contributed by atoms with Crippen LogP contribution in [0.3, 0.4) is 0 Å². The molecule has 2 aliphatic rings. The Morgan fingerprint density at radius 3 is 2.77 bits per heavy atom. The van der Waals surface area contributed by atoms with Crippen LogP contribution in [0, 0.1) is 5.92 Å². The molecule has 1 aromatic carbocycles. The Kier molecular flexibility index (Phi) is 9.00. The number of hydrogen-bond donors (Lipinski definition) is 2. The lowest BCUT2D eigenvalue weighted by molar-refractivity contribution is -0.127. The number of carbonyl (C=O) groups excluding carboxylic acids is 1. The highest BCUT2D eigenvalue weighted by molar-refractivity contribution is 5.80. The summed E-state index contributed by atoms with van der Waals surface area (Å²) < 4.78 is 0. The van der Waals surface area contributed by atoms with Gasteiger partial charge in [-0.15, -0.1) is 0 Å². The summed E-state index contributed by atoms with van der Waals surface area (Å²) in [4.78, 5) is 21.8. The van der Waals surface area contributed by atoms with Crippen LogP contribution < -0.4 is 10.6 Å². The van der Waals surface area contributed by atoms with Crippen molar-refractivity contribution in [1.29, 1.82) is 0 Å². The summed E-state index contributed by atoms with van der Waals surface area (Å²) in [6.45, 7) is 10.8. The second-order valence-corrected chi connectivity index (χ2v) is 8.67. The highest BCUT2D eigenvalue weighted by Gasteiger charge is 2.29. The Hall–Kier alpha value is -2.08. The molecule has 2 N–H and O–H groups in total. The number of nitrogens with one attached hydrogen (secondary N) is 2. The molecular formula is C24H39N5O. The summed E-state index contributed by atoms with van der Waals surface area (Å²) in [6, 6.07) is 11.1. The molecule has 2 saturated heterocycles. The number of guanidine groups is 1. The minimum absolute atomic E-state index is 0.267. The number of amides is 1. The van der Waals surface area contributed by atoms with E-state index in [1.165, 1.54) is 31.4 Å². The van der Waals surface area contributed by atoms with Gasteiger partial charge in [-0.3, -0.25) is 14.7 Å². The molecule has 0 bridgehead atoms. The van der Waals surface area contributed by atoms with E-state index in [9.17, 15) is 4.79 Å². The highest BCUT2D eigenvalue weighted by Crippen LogP contribution is 2.19. The van der Waals surface area contributed by atoms with E-state index in [-0.39, 0.29) is 5.91 Å². The van der Waals surface area contributed by atoms with Crippen LogP contribution in [0.25, 0.3) is 0 Å². The van der Waals surface area contributed by atoms with Crippen LogP contribution in [0.1, 0.15) is 45.1 Å². The minimum atomic E-state index is 0.267. The second kappa shape index (κ2) is 11.9. The predicted octanol–water partition coefficient (Wildman–Crippen LogP) is 2.51. The molecule has 30 heavy (non-hydrogen) atoms. The molecule has 0 saturated carbocycles. The molecule has 0 spiro atoms. The molecule has 2 aliphatic heterocycles. The molecule has 2 unspecified atom stereocenters. The number of piperidine rings is 1.